The fourth-order valence-electron chi connectivity index (χ4n) is 4.06. The Kier molecular flexibility index (Phi) is 6.31. The molecular formula is C25H23N3O6S. The molecule has 3 aromatic carbocycles. The second-order valence-corrected chi connectivity index (χ2v) is 10.4. The zero-order chi connectivity index (χ0) is 25.2. The van der Waals surface area contributed by atoms with Crippen LogP contribution in [0.3, 0.4) is 0 Å². The van der Waals surface area contributed by atoms with Gasteiger partial charge in [0.15, 0.2) is 5.84 Å². The summed E-state index contributed by atoms with van der Waals surface area (Å²) in [5.41, 5.74) is 6.41. The van der Waals surface area contributed by atoms with Crippen molar-refractivity contribution in [3.63, 3.8) is 0 Å². The Balaban J connectivity index is 1.78. The molecule has 9 nitrogen and oxygen atoms in total. The number of ether oxygens (including phenoxy) is 1. The van der Waals surface area contributed by atoms with Crippen LogP contribution in [0.25, 0.3) is 5.76 Å². The van der Waals surface area contributed by atoms with Crippen LogP contribution in [0.5, 0.6) is 0 Å². The van der Waals surface area contributed by atoms with Gasteiger partial charge in [0.25, 0.3) is 5.69 Å². The molecule has 180 valence electrons. The van der Waals surface area contributed by atoms with Crippen molar-refractivity contribution in [3.05, 3.63) is 111 Å². The number of amidine groups is 1. The lowest BCUT2D eigenvalue weighted by atomic mass is 9.94. The number of nitro benzene ring substituents is 1. The summed E-state index contributed by atoms with van der Waals surface area (Å²) in [6, 6.07) is 20.9. The van der Waals surface area contributed by atoms with Crippen molar-refractivity contribution in [2.75, 3.05) is 0 Å². The number of sulfone groups is 1. The summed E-state index contributed by atoms with van der Waals surface area (Å²) in [6.45, 7) is 1.84. The van der Waals surface area contributed by atoms with E-state index >= 15 is 0 Å². The van der Waals surface area contributed by atoms with Gasteiger partial charge in [0.1, 0.15) is 11.4 Å². The number of non-ortho nitro benzene ring substituents is 1. The van der Waals surface area contributed by atoms with E-state index in [0.717, 1.165) is 5.56 Å². The van der Waals surface area contributed by atoms with E-state index in [1.165, 1.54) is 48.5 Å². The molecule has 0 saturated carbocycles. The minimum absolute atomic E-state index is 0.0222. The largest absolute Gasteiger partial charge is 0.485 e. The fourth-order valence-corrected chi connectivity index (χ4v) is 5.74. The first-order valence-corrected chi connectivity index (χ1v) is 12.2. The fraction of sp³-hybridized carbons (Fsp3) is 0.160. The number of benzene rings is 3. The molecule has 0 aliphatic carbocycles. The Labute approximate surface area is 202 Å². The third-order valence-electron chi connectivity index (χ3n) is 5.79. The molecule has 1 aliphatic rings. The summed E-state index contributed by atoms with van der Waals surface area (Å²) in [7, 11) is -4.00. The molecule has 3 aromatic rings. The SMILES string of the molecule is CC1(Cc2ccccc2)CC(S(=O)(=O)c2ccc(/C(N)=N/O)cc2)=C(c2ccc([N+](=O)[O-])cc2)O1. The van der Waals surface area contributed by atoms with E-state index in [-0.39, 0.29) is 33.5 Å². The Morgan fingerprint density at radius 2 is 1.71 bits per heavy atom. The van der Waals surface area contributed by atoms with E-state index in [4.69, 9.17) is 15.7 Å². The van der Waals surface area contributed by atoms with Gasteiger partial charge < -0.3 is 15.7 Å². The molecule has 1 atom stereocenters. The molecule has 0 amide bonds. The van der Waals surface area contributed by atoms with Crippen LogP contribution in [-0.2, 0) is 21.0 Å². The summed E-state index contributed by atoms with van der Waals surface area (Å²) in [5, 5.41) is 22.9. The van der Waals surface area contributed by atoms with Gasteiger partial charge in [0.2, 0.25) is 9.84 Å². The normalized spacial score (nSPS) is 18.4. The predicted molar refractivity (Wildman–Crippen MR) is 130 cm³/mol. The van der Waals surface area contributed by atoms with E-state index in [2.05, 4.69) is 5.16 Å². The van der Waals surface area contributed by atoms with Crippen LogP contribution < -0.4 is 5.73 Å². The van der Waals surface area contributed by atoms with Gasteiger partial charge in [-0.15, -0.1) is 0 Å². The molecule has 0 fully saturated rings. The zero-order valence-electron chi connectivity index (χ0n) is 18.8. The van der Waals surface area contributed by atoms with Gasteiger partial charge in [0.05, 0.1) is 14.7 Å². The lowest BCUT2D eigenvalue weighted by Gasteiger charge is -2.25. The highest BCUT2D eigenvalue weighted by Gasteiger charge is 2.43. The lowest BCUT2D eigenvalue weighted by molar-refractivity contribution is -0.384. The van der Waals surface area contributed by atoms with Gasteiger partial charge >= 0.3 is 0 Å². The third kappa shape index (κ3) is 4.87. The van der Waals surface area contributed by atoms with Gasteiger partial charge in [-0.05, 0) is 48.9 Å². The molecule has 1 aliphatic heterocycles. The zero-order valence-corrected chi connectivity index (χ0v) is 19.6. The molecule has 3 N–H and O–H groups in total. The summed E-state index contributed by atoms with van der Waals surface area (Å²) < 4.78 is 33.8. The second-order valence-electron chi connectivity index (χ2n) is 8.46. The van der Waals surface area contributed by atoms with Crippen molar-refractivity contribution in [1.29, 1.82) is 0 Å². The van der Waals surface area contributed by atoms with Crippen LogP contribution >= 0.6 is 0 Å². The highest BCUT2D eigenvalue weighted by atomic mass is 32.2. The van der Waals surface area contributed by atoms with Gasteiger partial charge in [-0.25, -0.2) is 8.42 Å². The smallest absolute Gasteiger partial charge is 0.269 e. The monoisotopic (exact) mass is 493 g/mol. The minimum atomic E-state index is -4.00. The number of nitro groups is 1. The minimum Gasteiger partial charge on any atom is -0.485 e. The number of hydrogen-bond acceptors (Lipinski definition) is 7. The molecule has 0 spiro atoms. The van der Waals surface area contributed by atoms with E-state index in [9.17, 15) is 18.5 Å². The molecule has 0 bridgehead atoms. The third-order valence-corrected chi connectivity index (χ3v) is 7.66. The average Bonchev–Trinajstić information content (AvgIpc) is 3.22. The first kappa shape index (κ1) is 24.0. The quantitative estimate of drug-likeness (QED) is 0.164. The summed E-state index contributed by atoms with van der Waals surface area (Å²) in [4.78, 5) is 10.7. The number of nitrogens with two attached hydrogens (primary N) is 1. The topological polar surface area (TPSA) is 145 Å². The Bertz CT molecular complexity index is 1420. The van der Waals surface area contributed by atoms with E-state index < -0.39 is 20.4 Å². The lowest BCUT2D eigenvalue weighted by Crippen LogP contribution is -2.27. The van der Waals surface area contributed by atoms with Gasteiger partial charge in [0, 0.05) is 36.1 Å². The Morgan fingerprint density at radius 3 is 2.29 bits per heavy atom. The molecule has 0 radical (unpaired) electrons. The molecule has 10 heteroatoms. The summed E-state index contributed by atoms with van der Waals surface area (Å²) in [6.07, 6.45) is 0.574. The Morgan fingerprint density at radius 1 is 1.09 bits per heavy atom. The molecule has 35 heavy (non-hydrogen) atoms. The van der Waals surface area contributed by atoms with Crippen molar-refractivity contribution < 1.29 is 23.3 Å². The first-order valence-electron chi connectivity index (χ1n) is 10.7. The van der Waals surface area contributed by atoms with Gasteiger partial charge in [-0.1, -0.05) is 35.5 Å². The standard InChI is InChI=1S/C25H23N3O6S/c1-25(15-17-5-3-2-4-6-17)16-22(23(34-25)18-7-11-20(12-8-18)28(30)31)35(32,33)21-13-9-19(10-14-21)24(26)27-29/h2-14,29H,15-16H2,1H3,(H2,26,27). The average molecular weight is 494 g/mol. The maximum atomic E-state index is 13.7. The molecule has 1 heterocycles. The van der Waals surface area contributed by atoms with Crippen LogP contribution in [0.4, 0.5) is 5.69 Å². The number of hydrogen-bond donors (Lipinski definition) is 2. The summed E-state index contributed by atoms with van der Waals surface area (Å²) >= 11 is 0. The van der Waals surface area contributed by atoms with Crippen molar-refractivity contribution in [2.45, 2.75) is 30.3 Å². The Hall–Kier alpha value is -4.18. The van der Waals surface area contributed by atoms with E-state index in [0.29, 0.717) is 17.5 Å². The van der Waals surface area contributed by atoms with Crippen LogP contribution in [0.1, 0.15) is 30.0 Å². The predicted octanol–water partition coefficient (Wildman–Crippen LogP) is 4.25. The van der Waals surface area contributed by atoms with Crippen LogP contribution in [-0.4, -0.2) is 30.0 Å². The van der Waals surface area contributed by atoms with Crippen molar-refractivity contribution in [3.8, 4) is 0 Å². The van der Waals surface area contributed by atoms with E-state index in [1.807, 2.05) is 37.3 Å². The van der Waals surface area contributed by atoms with E-state index in [1.54, 1.807) is 0 Å². The van der Waals surface area contributed by atoms with Crippen LogP contribution in [0, 0.1) is 10.1 Å². The molecular weight excluding hydrogens is 470 g/mol. The maximum Gasteiger partial charge on any atom is 0.269 e. The van der Waals surface area contributed by atoms with Gasteiger partial charge in [-0.3, -0.25) is 10.1 Å². The highest BCUT2D eigenvalue weighted by molar-refractivity contribution is 7.95. The summed E-state index contributed by atoms with van der Waals surface area (Å²) in [5.74, 6) is 0.0261. The molecule has 4 rings (SSSR count). The van der Waals surface area contributed by atoms with Crippen LogP contribution in [0.2, 0.25) is 0 Å². The van der Waals surface area contributed by atoms with Crippen LogP contribution in [0.15, 0.2) is 93.8 Å². The second kappa shape index (κ2) is 9.22. The number of rotatable bonds is 7. The van der Waals surface area contributed by atoms with Crippen molar-refractivity contribution in [2.24, 2.45) is 10.9 Å². The molecule has 0 saturated heterocycles. The number of oxime groups is 1. The van der Waals surface area contributed by atoms with Crippen molar-refractivity contribution >= 4 is 27.1 Å². The van der Waals surface area contributed by atoms with Gasteiger partial charge in [-0.2, -0.15) is 0 Å². The highest BCUT2D eigenvalue weighted by Crippen LogP contribution is 2.45. The molecule has 1 unspecified atom stereocenters. The maximum absolute atomic E-state index is 13.7. The van der Waals surface area contributed by atoms with Crippen molar-refractivity contribution in [1.82, 2.24) is 0 Å². The number of nitrogens with zero attached hydrogens (tertiary/aromatic N) is 2. The first-order chi connectivity index (χ1) is 16.6. The molecule has 0 aromatic heterocycles.